The van der Waals surface area contributed by atoms with Gasteiger partial charge >= 0.3 is 11.9 Å². The first kappa shape index (κ1) is 21.0. The number of hydrogen-bond acceptors (Lipinski definition) is 6. The van der Waals surface area contributed by atoms with Crippen LogP contribution in [0.25, 0.3) is 0 Å². The van der Waals surface area contributed by atoms with Crippen LogP contribution in [0.15, 0.2) is 54.6 Å². The van der Waals surface area contributed by atoms with E-state index in [9.17, 15) is 14.4 Å². The van der Waals surface area contributed by atoms with Gasteiger partial charge in [0, 0.05) is 10.6 Å². The van der Waals surface area contributed by atoms with Crippen LogP contribution >= 0.6 is 11.6 Å². The average molecular weight is 417 g/mol. The van der Waals surface area contributed by atoms with Crippen LogP contribution in [0.3, 0.4) is 0 Å². The number of rotatable bonds is 7. The molecule has 2 aromatic carbocycles. The van der Waals surface area contributed by atoms with Gasteiger partial charge in [-0.1, -0.05) is 54.1 Å². The number of carbonyl (C=O) groups excluding carboxylic acids is 3. The summed E-state index contributed by atoms with van der Waals surface area (Å²) in [4.78, 5) is 38.7. The van der Waals surface area contributed by atoms with E-state index in [1.807, 2.05) is 0 Å². The molecule has 7 heteroatoms. The highest BCUT2D eigenvalue weighted by Gasteiger charge is 2.70. The van der Waals surface area contributed by atoms with Gasteiger partial charge in [-0.3, -0.25) is 4.79 Å². The Kier molecular flexibility index (Phi) is 6.35. The summed E-state index contributed by atoms with van der Waals surface area (Å²) in [7, 11) is 0. The molecule has 0 aliphatic carbocycles. The molecule has 0 radical (unpaired) electrons. The van der Waals surface area contributed by atoms with Gasteiger partial charge in [0.15, 0.2) is 5.78 Å². The summed E-state index contributed by atoms with van der Waals surface area (Å²) in [6, 6.07) is 15.1. The van der Waals surface area contributed by atoms with Crippen molar-refractivity contribution in [3.8, 4) is 0 Å². The Balaban J connectivity index is 2.07. The van der Waals surface area contributed by atoms with Crippen LogP contribution < -0.4 is 0 Å². The van der Waals surface area contributed by atoms with Crippen molar-refractivity contribution >= 4 is 29.3 Å². The second-order valence-electron chi connectivity index (χ2n) is 6.47. The lowest BCUT2D eigenvalue weighted by Gasteiger charge is -2.49. The van der Waals surface area contributed by atoms with E-state index in [1.54, 1.807) is 68.4 Å². The first-order valence-electron chi connectivity index (χ1n) is 9.32. The zero-order chi connectivity index (χ0) is 21.0. The number of esters is 2. The molecule has 1 fully saturated rings. The lowest BCUT2D eigenvalue weighted by atomic mass is 9.70. The fraction of sp³-hybridized carbons (Fsp3) is 0.318. The molecular formula is C22H21ClO6. The van der Waals surface area contributed by atoms with E-state index in [-0.39, 0.29) is 19.0 Å². The molecule has 0 N–H and O–H groups in total. The minimum absolute atomic E-state index is 0.0496. The number of hydrogen-bond donors (Lipinski definition) is 0. The summed E-state index contributed by atoms with van der Waals surface area (Å²) >= 11 is 5.99. The van der Waals surface area contributed by atoms with Crippen molar-refractivity contribution < 1.29 is 28.6 Å². The molecule has 0 amide bonds. The van der Waals surface area contributed by atoms with Crippen LogP contribution in [0.5, 0.6) is 0 Å². The lowest BCUT2D eigenvalue weighted by Crippen LogP contribution is -2.70. The quantitative estimate of drug-likeness (QED) is 0.390. The van der Waals surface area contributed by atoms with E-state index >= 15 is 0 Å². The van der Waals surface area contributed by atoms with E-state index in [1.165, 1.54) is 0 Å². The zero-order valence-electron chi connectivity index (χ0n) is 16.1. The first-order chi connectivity index (χ1) is 14.0. The molecule has 1 heterocycles. The third-order valence-corrected chi connectivity index (χ3v) is 5.01. The van der Waals surface area contributed by atoms with Gasteiger partial charge in [-0.15, -0.1) is 0 Å². The Morgan fingerprint density at radius 1 is 0.931 bits per heavy atom. The molecule has 2 aromatic rings. The monoisotopic (exact) mass is 416 g/mol. The Hall–Kier alpha value is -2.70. The van der Waals surface area contributed by atoms with Crippen LogP contribution in [0.1, 0.15) is 35.7 Å². The van der Waals surface area contributed by atoms with E-state index in [2.05, 4.69) is 0 Å². The van der Waals surface area contributed by atoms with Crippen molar-refractivity contribution in [2.75, 3.05) is 13.2 Å². The van der Waals surface area contributed by atoms with Crippen LogP contribution in [-0.4, -0.2) is 42.6 Å². The molecule has 6 nitrogen and oxygen atoms in total. The molecule has 29 heavy (non-hydrogen) atoms. The standard InChI is InChI=1S/C22H21ClO6/c1-3-27-20(25)22(21(26)28-4-2)17(14-10-12-16(23)13-11-14)19(29-22)18(24)15-8-6-5-7-9-15/h5-13,17,19H,3-4H2,1-2H3/t17-,19+/m0/s1. The zero-order valence-corrected chi connectivity index (χ0v) is 16.8. The van der Waals surface area contributed by atoms with Gasteiger partial charge < -0.3 is 14.2 Å². The molecule has 1 saturated heterocycles. The maximum absolute atomic E-state index is 13.1. The minimum atomic E-state index is -2.05. The molecule has 1 aliphatic heterocycles. The summed E-state index contributed by atoms with van der Waals surface area (Å²) in [5.74, 6) is -3.01. The van der Waals surface area contributed by atoms with Gasteiger partial charge in [0.2, 0.25) is 0 Å². The van der Waals surface area contributed by atoms with Crippen LogP contribution in [0.4, 0.5) is 0 Å². The minimum Gasteiger partial charge on any atom is -0.463 e. The number of benzene rings is 2. The summed E-state index contributed by atoms with van der Waals surface area (Å²) in [6.07, 6.45) is -1.05. The van der Waals surface area contributed by atoms with Crippen molar-refractivity contribution in [2.45, 2.75) is 31.5 Å². The second kappa shape index (κ2) is 8.76. The number of ketones is 1. The Morgan fingerprint density at radius 2 is 1.48 bits per heavy atom. The number of carbonyl (C=O) groups is 3. The number of ether oxygens (including phenoxy) is 3. The predicted molar refractivity (Wildman–Crippen MR) is 106 cm³/mol. The fourth-order valence-electron chi connectivity index (χ4n) is 3.44. The summed E-state index contributed by atoms with van der Waals surface area (Å²) < 4.78 is 16.0. The molecule has 3 rings (SSSR count). The van der Waals surface area contributed by atoms with Crippen molar-refractivity contribution in [3.05, 3.63) is 70.7 Å². The third-order valence-electron chi connectivity index (χ3n) is 4.76. The average Bonchev–Trinajstić information content (AvgIpc) is 2.70. The maximum atomic E-state index is 13.1. The highest BCUT2D eigenvalue weighted by molar-refractivity contribution is 6.30. The Bertz CT molecular complexity index is 875. The molecule has 0 unspecified atom stereocenters. The summed E-state index contributed by atoms with van der Waals surface area (Å²) in [5, 5.41) is 0.484. The maximum Gasteiger partial charge on any atom is 0.351 e. The molecule has 0 bridgehead atoms. The molecule has 152 valence electrons. The van der Waals surface area contributed by atoms with E-state index in [4.69, 9.17) is 25.8 Å². The molecular weight excluding hydrogens is 396 g/mol. The van der Waals surface area contributed by atoms with E-state index in [0.717, 1.165) is 0 Å². The summed E-state index contributed by atoms with van der Waals surface area (Å²) in [5.41, 5.74) is -1.08. The first-order valence-corrected chi connectivity index (χ1v) is 9.70. The third kappa shape index (κ3) is 3.78. The lowest BCUT2D eigenvalue weighted by molar-refractivity contribution is -0.236. The van der Waals surface area contributed by atoms with Gasteiger partial charge in [0.05, 0.1) is 19.1 Å². The van der Waals surface area contributed by atoms with Gasteiger partial charge in [-0.2, -0.15) is 0 Å². The van der Waals surface area contributed by atoms with Gasteiger partial charge in [0.1, 0.15) is 6.10 Å². The SMILES string of the molecule is CCOC(=O)C1(C(=O)OCC)O[C@@H](C(=O)c2ccccc2)[C@@H]1c1ccc(Cl)cc1. The van der Waals surface area contributed by atoms with Crippen LogP contribution in [-0.2, 0) is 23.8 Å². The molecule has 2 atom stereocenters. The Morgan fingerprint density at radius 3 is 2.00 bits per heavy atom. The predicted octanol–water partition coefficient (Wildman–Crippen LogP) is 3.57. The second-order valence-corrected chi connectivity index (χ2v) is 6.91. The number of Topliss-reactive ketones (excluding diaryl/α,β-unsaturated/α-hetero) is 1. The molecule has 0 saturated carbocycles. The summed E-state index contributed by atoms with van der Waals surface area (Å²) in [6.45, 7) is 3.35. The molecule has 0 aromatic heterocycles. The Labute approximate surface area is 173 Å². The van der Waals surface area contributed by atoms with Gasteiger partial charge in [-0.05, 0) is 31.5 Å². The largest absolute Gasteiger partial charge is 0.463 e. The van der Waals surface area contributed by atoms with Gasteiger partial charge in [-0.25, -0.2) is 9.59 Å². The van der Waals surface area contributed by atoms with Crippen molar-refractivity contribution in [3.63, 3.8) is 0 Å². The van der Waals surface area contributed by atoms with Gasteiger partial charge in [0.25, 0.3) is 5.60 Å². The number of halogens is 1. The normalized spacial score (nSPS) is 19.7. The van der Waals surface area contributed by atoms with Crippen molar-refractivity contribution in [1.82, 2.24) is 0 Å². The van der Waals surface area contributed by atoms with Crippen LogP contribution in [0, 0.1) is 0 Å². The van der Waals surface area contributed by atoms with Crippen molar-refractivity contribution in [2.24, 2.45) is 0 Å². The molecule has 0 spiro atoms. The molecule has 1 aliphatic rings. The van der Waals surface area contributed by atoms with Crippen LogP contribution in [0.2, 0.25) is 5.02 Å². The van der Waals surface area contributed by atoms with E-state index in [0.29, 0.717) is 16.1 Å². The highest BCUT2D eigenvalue weighted by atomic mass is 35.5. The fourth-order valence-corrected chi connectivity index (χ4v) is 3.57. The highest BCUT2D eigenvalue weighted by Crippen LogP contribution is 2.49. The smallest absolute Gasteiger partial charge is 0.351 e. The van der Waals surface area contributed by atoms with E-state index < -0.39 is 29.6 Å². The van der Waals surface area contributed by atoms with Crippen molar-refractivity contribution in [1.29, 1.82) is 0 Å². The topological polar surface area (TPSA) is 78.9 Å².